The molecule has 2 rings (SSSR count). The molecule has 0 spiro atoms. The van der Waals surface area contributed by atoms with Crippen LogP contribution in [0.2, 0.25) is 0 Å². The van der Waals surface area contributed by atoms with E-state index in [0.717, 1.165) is 23.6 Å². The van der Waals surface area contributed by atoms with E-state index in [2.05, 4.69) is 0 Å². The van der Waals surface area contributed by atoms with Gasteiger partial charge >= 0.3 is 5.97 Å². The largest absolute Gasteiger partial charge is 0.480 e. The van der Waals surface area contributed by atoms with Gasteiger partial charge in [-0.25, -0.2) is 4.79 Å². The summed E-state index contributed by atoms with van der Waals surface area (Å²) in [6.07, 6.45) is 3.02. The van der Waals surface area contributed by atoms with Crippen molar-refractivity contribution in [2.75, 3.05) is 0 Å². The molecule has 1 aromatic carbocycles. The van der Waals surface area contributed by atoms with E-state index in [9.17, 15) is 19.5 Å². The maximum absolute atomic E-state index is 12.6. The highest BCUT2D eigenvalue weighted by Gasteiger charge is 2.42. The topological polar surface area (TPSA) is 74.7 Å². The minimum absolute atomic E-state index is 0.212. The summed E-state index contributed by atoms with van der Waals surface area (Å²) in [7, 11) is 0. The molecule has 0 aromatic heterocycles. The molecular weight excluding hydrogens is 346 g/mol. The van der Waals surface area contributed by atoms with Gasteiger partial charge in [0.05, 0.1) is 4.91 Å². The van der Waals surface area contributed by atoms with Gasteiger partial charge in [-0.3, -0.25) is 14.5 Å². The first-order valence-corrected chi connectivity index (χ1v) is 8.66. The van der Waals surface area contributed by atoms with E-state index in [1.54, 1.807) is 37.3 Å². The van der Waals surface area contributed by atoms with E-state index in [-0.39, 0.29) is 10.2 Å². The van der Waals surface area contributed by atoms with Crippen molar-refractivity contribution >= 4 is 52.5 Å². The number of benzene rings is 1. The molecule has 0 saturated carbocycles. The molecule has 1 heterocycles. The standard InChI is InChI=1S/C17H17NO4S2/c1-3-10(2)14(16(21)22)18-15(20)13(24-17(18)23)8-11-4-6-12(9-19)7-5-11/h4-10,14H,3H2,1-2H3,(H,21,22)/b13-8-. The van der Waals surface area contributed by atoms with Gasteiger partial charge in [0.15, 0.2) is 0 Å². The van der Waals surface area contributed by atoms with Crippen LogP contribution in [0.15, 0.2) is 29.2 Å². The minimum atomic E-state index is -1.06. The Kier molecular flexibility index (Phi) is 5.90. The van der Waals surface area contributed by atoms with Crippen LogP contribution in [-0.2, 0) is 9.59 Å². The Morgan fingerprint density at radius 1 is 1.33 bits per heavy atom. The van der Waals surface area contributed by atoms with Crippen LogP contribution < -0.4 is 0 Å². The molecule has 24 heavy (non-hydrogen) atoms. The second-order valence-corrected chi connectivity index (χ2v) is 7.18. The quantitative estimate of drug-likeness (QED) is 0.475. The van der Waals surface area contributed by atoms with Crippen molar-refractivity contribution in [3.63, 3.8) is 0 Å². The number of aldehydes is 1. The number of aliphatic carboxylic acids is 1. The monoisotopic (exact) mass is 363 g/mol. The molecular formula is C17H17NO4S2. The first-order chi connectivity index (χ1) is 11.4. The van der Waals surface area contributed by atoms with Crippen LogP contribution >= 0.6 is 24.0 Å². The van der Waals surface area contributed by atoms with Crippen LogP contribution in [0.25, 0.3) is 6.08 Å². The third-order valence-electron chi connectivity index (χ3n) is 3.91. The minimum Gasteiger partial charge on any atom is -0.480 e. The average molecular weight is 363 g/mol. The first kappa shape index (κ1) is 18.4. The van der Waals surface area contributed by atoms with Crippen molar-refractivity contribution < 1.29 is 19.5 Å². The summed E-state index contributed by atoms with van der Waals surface area (Å²) < 4.78 is 0.253. The van der Waals surface area contributed by atoms with Crippen molar-refractivity contribution in [3.05, 3.63) is 40.3 Å². The number of amides is 1. The molecule has 0 radical (unpaired) electrons. The summed E-state index contributed by atoms with van der Waals surface area (Å²) in [5, 5.41) is 9.49. The number of thioether (sulfide) groups is 1. The SMILES string of the molecule is CCC(C)C(C(=O)O)N1C(=O)/C(=C/c2ccc(C=O)cc2)SC1=S. The lowest BCUT2D eigenvalue weighted by Crippen LogP contribution is -2.47. The lowest BCUT2D eigenvalue weighted by Gasteiger charge is -2.27. The van der Waals surface area contributed by atoms with E-state index in [1.165, 1.54) is 4.90 Å². The lowest BCUT2D eigenvalue weighted by atomic mass is 9.98. The van der Waals surface area contributed by atoms with Gasteiger partial charge in [-0.1, -0.05) is 68.5 Å². The summed E-state index contributed by atoms with van der Waals surface area (Å²) in [5.41, 5.74) is 1.29. The van der Waals surface area contributed by atoms with E-state index in [1.807, 2.05) is 6.92 Å². The van der Waals surface area contributed by atoms with Crippen molar-refractivity contribution in [3.8, 4) is 0 Å². The van der Waals surface area contributed by atoms with Crippen LogP contribution in [0.1, 0.15) is 36.2 Å². The molecule has 1 aliphatic heterocycles. The molecule has 1 N–H and O–H groups in total. The summed E-state index contributed by atoms with van der Waals surface area (Å²) in [6.45, 7) is 3.67. The maximum Gasteiger partial charge on any atom is 0.327 e. The number of carboxylic acid groups (broad SMARTS) is 1. The van der Waals surface area contributed by atoms with Crippen LogP contribution in [0.4, 0.5) is 0 Å². The molecule has 1 aromatic rings. The zero-order valence-electron chi connectivity index (χ0n) is 13.3. The Hall–Kier alpha value is -1.99. The second-order valence-electron chi connectivity index (χ2n) is 5.50. The van der Waals surface area contributed by atoms with E-state index in [0.29, 0.717) is 16.9 Å². The lowest BCUT2D eigenvalue weighted by molar-refractivity contribution is -0.147. The predicted molar refractivity (Wildman–Crippen MR) is 97.7 cm³/mol. The smallest absolute Gasteiger partial charge is 0.327 e. The van der Waals surface area contributed by atoms with Crippen LogP contribution in [0.3, 0.4) is 0 Å². The summed E-state index contributed by atoms with van der Waals surface area (Å²) >= 11 is 6.33. The zero-order valence-corrected chi connectivity index (χ0v) is 14.9. The molecule has 1 aliphatic rings. The van der Waals surface area contributed by atoms with Crippen molar-refractivity contribution in [2.24, 2.45) is 5.92 Å². The zero-order chi connectivity index (χ0) is 17.9. The molecule has 0 aliphatic carbocycles. The predicted octanol–water partition coefficient (Wildman–Crippen LogP) is 3.20. The molecule has 7 heteroatoms. The third-order valence-corrected chi connectivity index (χ3v) is 5.24. The molecule has 1 fully saturated rings. The first-order valence-electron chi connectivity index (χ1n) is 7.44. The van der Waals surface area contributed by atoms with Crippen LogP contribution in [0, 0.1) is 5.92 Å². The van der Waals surface area contributed by atoms with Gasteiger partial charge in [-0.05, 0) is 17.6 Å². The molecule has 126 valence electrons. The van der Waals surface area contributed by atoms with Gasteiger partial charge in [0.2, 0.25) is 0 Å². The Morgan fingerprint density at radius 2 is 1.92 bits per heavy atom. The highest BCUT2D eigenvalue weighted by atomic mass is 32.2. The fourth-order valence-corrected chi connectivity index (χ4v) is 3.70. The Labute approximate surface area is 149 Å². The number of thiocarbonyl (C=S) groups is 1. The number of hydrogen-bond donors (Lipinski definition) is 1. The van der Waals surface area contributed by atoms with Gasteiger partial charge < -0.3 is 5.11 Å². The fraction of sp³-hybridized carbons (Fsp3) is 0.294. The third kappa shape index (κ3) is 3.73. The maximum atomic E-state index is 12.6. The molecule has 0 bridgehead atoms. The van der Waals surface area contributed by atoms with E-state index >= 15 is 0 Å². The fourth-order valence-electron chi connectivity index (χ4n) is 2.37. The highest BCUT2D eigenvalue weighted by Crippen LogP contribution is 2.35. The number of rotatable bonds is 6. The van der Waals surface area contributed by atoms with E-state index < -0.39 is 17.9 Å². The number of hydrogen-bond acceptors (Lipinski definition) is 5. The van der Waals surface area contributed by atoms with Gasteiger partial charge in [0, 0.05) is 5.56 Å². The Morgan fingerprint density at radius 3 is 2.42 bits per heavy atom. The normalized spacial score (nSPS) is 18.8. The van der Waals surface area contributed by atoms with Gasteiger partial charge in [0.25, 0.3) is 5.91 Å². The number of carbonyl (C=O) groups is 3. The molecule has 1 amide bonds. The highest BCUT2D eigenvalue weighted by molar-refractivity contribution is 8.26. The number of carboxylic acids is 1. The van der Waals surface area contributed by atoms with Crippen molar-refractivity contribution in [2.45, 2.75) is 26.3 Å². The Bertz CT molecular complexity index is 712. The molecule has 2 unspecified atom stereocenters. The van der Waals surface area contributed by atoms with E-state index in [4.69, 9.17) is 12.2 Å². The summed E-state index contributed by atoms with van der Waals surface area (Å²) in [5.74, 6) is -1.66. The molecule has 1 saturated heterocycles. The molecule has 5 nitrogen and oxygen atoms in total. The number of carbonyl (C=O) groups excluding carboxylic acids is 2. The Balaban J connectivity index is 2.31. The van der Waals surface area contributed by atoms with Crippen molar-refractivity contribution in [1.82, 2.24) is 4.90 Å². The van der Waals surface area contributed by atoms with Crippen LogP contribution in [-0.4, -0.2) is 38.5 Å². The van der Waals surface area contributed by atoms with Gasteiger partial charge in [-0.2, -0.15) is 0 Å². The average Bonchev–Trinajstić information content (AvgIpc) is 2.83. The summed E-state index contributed by atoms with van der Waals surface area (Å²) in [4.78, 5) is 36.5. The number of nitrogens with zero attached hydrogens (tertiary/aromatic N) is 1. The summed E-state index contributed by atoms with van der Waals surface area (Å²) in [6, 6.07) is 5.78. The van der Waals surface area contributed by atoms with Gasteiger partial charge in [0.1, 0.15) is 16.6 Å². The second kappa shape index (κ2) is 7.72. The van der Waals surface area contributed by atoms with Crippen LogP contribution in [0.5, 0.6) is 0 Å². The van der Waals surface area contributed by atoms with Gasteiger partial charge in [-0.15, -0.1) is 0 Å². The molecule has 2 atom stereocenters. The van der Waals surface area contributed by atoms with Crippen molar-refractivity contribution in [1.29, 1.82) is 0 Å².